The molecule has 0 saturated carbocycles. The van der Waals surface area contributed by atoms with Gasteiger partial charge in [0.2, 0.25) is 0 Å². The molecule has 0 aromatic heterocycles. The number of unbranched alkanes of at least 4 members (excludes halogenated alkanes) is 2. The van der Waals surface area contributed by atoms with Gasteiger partial charge in [-0.1, -0.05) is 73.5 Å². The van der Waals surface area contributed by atoms with Crippen LogP contribution in [0.4, 0.5) is 0 Å². The Kier molecular flexibility index (Phi) is 7.85. The maximum absolute atomic E-state index is 10.2. The zero-order valence-corrected chi connectivity index (χ0v) is 14.0. The lowest BCUT2D eigenvalue weighted by atomic mass is 10.0. The van der Waals surface area contributed by atoms with Crippen LogP contribution in [-0.2, 0) is 17.8 Å². The third-order valence-corrected chi connectivity index (χ3v) is 4.21. The number of hydrogen-bond acceptors (Lipinski definition) is 2. The van der Waals surface area contributed by atoms with Crippen molar-refractivity contribution in [2.24, 2.45) is 0 Å². The van der Waals surface area contributed by atoms with Crippen molar-refractivity contribution in [1.82, 2.24) is 0 Å². The van der Waals surface area contributed by atoms with E-state index in [1.165, 1.54) is 12.0 Å². The maximum Gasteiger partial charge on any atom is 0.0810 e. The molecule has 0 aliphatic rings. The minimum Gasteiger partial charge on any atom is -0.390 e. The molecule has 0 saturated heterocycles. The molecule has 0 spiro atoms. The molecule has 124 valence electrons. The summed E-state index contributed by atoms with van der Waals surface area (Å²) in [5.41, 5.74) is 2.54. The Morgan fingerprint density at radius 1 is 0.826 bits per heavy atom. The predicted molar refractivity (Wildman–Crippen MR) is 95.3 cm³/mol. The third-order valence-electron chi connectivity index (χ3n) is 4.21. The third kappa shape index (κ3) is 6.98. The van der Waals surface area contributed by atoms with E-state index in [0.717, 1.165) is 31.2 Å². The van der Waals surface area contributed by atoms with Crippen LogP contribution in [0.1, 0.15) is 43.7 Å². The fourth-order valence-electron chi connectivity index (χ4n) is 2.65. The van der Waals surface area contributed by atoms with Crippen LogP contribution < -0.4 is 0 Å². The monoisotopic (exact) mass is 312 g/mol. The number of benzene rings is 2. The van der Waals surface area contributed by atoms with E-state index in [9.17, 15) is 5.11 Å². The molecule has 0 bridgehead atoms. The number of aliphatic hydroxyl groups is 1. The van der Waals surface area contributed by atoms with Gasteiger partial charge in [0.15, 0.2) is 0 Å². The number of hydrogen-bond donors (Lipinski definition) is 1. The van der Waals surface area contributed by atoms with Crippen LogP contribution in [0, 0.1) is 0 Å². The molecular weight excluding hydrogens is 284 g/mol. The van der Waals surface area contributed by atoms with E-state index < -0.39 is 0 Å². The van der Waals surface area contributed by atoms with E-state index in [4.69, 9.17) is 4.74 Å². The maximum atomic E-state index is 10.2. The van der Waals surface area contributed by atoms with E-state index in [1.807, 2.05) is 37.3 Å². The second kappa shape index (κ2) is 10.2. The Morgan fingerprint density at radius 2 is 1.43 bits per heavy atom. The van der Waals surface area contributed by atoms with Crippen LogP contribution in [0.2, 0.25) is 0 Å². The van der Waals surface area contributed by atoms with E-state index in [2.05, 4.69) is 30.3 Å². The van der Waals surface area contributed by atoms with Crippen LogP contribution in [0.5, 0.6) is 0 Å². The number of rotatable bonds is 10. The number of aliphatic hydroxyl groups excluding tert-OH is 1. The zero-order valence-electron chi connectivity index (χ0n) is 14.0. The second-order valence-corrected chi connectivity index (χ2v) is 6.15. The summed E-state index contributed by atoms with van der Waals surface area (Å²) in [7, 11) is 0. The highest BCUT2D eigenvalue weighted by Gasteiger charge is 2.14. The normalized spacial score (nSPS) is 13.7. The van der Waals surface area contributed by atoms with Gasteiger partial charge in [-0.3, -0.25) is 0 Å². The Labute approximate surface area is 140 Å². The van der Waals surface area contributed by atoms with Crippen molar-refractivity contribution in [3.8, 4) is 0 Å². The first kappa shape index (κ1) is 17.7. The minimum absolute atomic E-state index is 0.121. The average Bonchev–Trinajstić information content (AvgIpc) is 2.61. The molecule has 0 radical (unpaired) electrons. The summed E-state index contributed by atoms with van der Waals surface area (Å²) in [5, 5.41) is 10.2. The molecule has 1 N–H and O–H groups in total. The Hall–Kier alpha value is -1.64. The van der Waals surface area contributed by atoms with E-state index in [-0.39, 0.29) is 12.2 Å². The van der Waals surface area contributed by atoms with Crippen LogP contribution in [-0.4, -0.2) is 17.3 Å². The highest BCUT2D eigenvalue weighted by molar-refractivity contribution is 5.14. The first-order valence-corrected chi connectivity index (χ1v) is 8.63. The smallest absolute Gasteiger partial charge is 0.0810 e. The van der Waals surface area contributed by atoms with Gasteiger partial charge in [0.05, 0.1) is 18.8 Å². The minimum atomic E-state index is -0.379. The van der Waals surface area contributed by atoms with Crippen molar-refractivity contribution in [2.75, 3.05) is 0 Å². The Balaban J connectivity index is 1.56. The summed E-state index contributed by atoms with van der Waals surface area (Å²) >= 11 is 0. The molecule has 0 heterocycles. The fraction of sp³-hybridized carbons (Fsp3) is 0.429. The van der Waals surface area contributed by atoms with Gasteiger partial charge in [0.25, 0.3) is 0 Å². The van der Waals surface area contributed by atoms with Crippen LogP contribution in [0.15, 0.2) is 60.7 Å². The molecule has 0 fully saturated rings. The molecule has 2 heteroatoms. The van der Waals surface area contributed by atoms with Gasteiger partial charge < -0.3 is 9.84 Å². The summed E-state index contributed by atoms with van der Waals surface area (Å²) < 4.78 is 5.77. The lowest BCUT2D eigenvalue weighted by Gasteiger charge is -2.19. The lowest BCUT2D eigenvalue weighted by Crippen LogP contribution is -2.25. The predicted octanol–water partition coefficient (Wildman–Crippen LogP) is 4.76. The van der Waals surface area contributed by atoms with Gasteiger partial charge >= 0.3 is 0 Å². The van der Waals surface area contributed by atoms with Crippen molar-refractivity contribution in [1.29, 1.82) is 0 Å². The van der Waals surface area contributed by atoms with Gasteiger partial charge in [0.1, 0.15) is 0 Å². The van der Waals surface area contributed by atoms with Crippen molar-refractivity contribution in [3.63, 3.8) is 0 Å². The summed E-state index contributed by atoms with van der Waals surface area (Å²) in [6, 6.07) is 20.7. The molecule has 0 aliphatic carbocycles. The van der Waals surface area contributed by atoms with E-state index >= 15 is 0 Å². The summed E-state index contributed by atoms with van der Waals surface area (Å²) in [6.07, 6.45) is 4.81. The van der Waals surface area contributed by atoms with Crippen molar-refractivity contribution < 1.29 is 9.84 Å². The van der Waals surface area contributed by atoms with E-state index in [1.54, 1.807) is 0 Å². The summed E-state index contributed by atoms with van der Waals surface area (Å²) in [6.45, 7) is 2.52. The highest BCUT2D eigenvalue weighted by atomic mass is 16.5. The molecule has 0 unspecified atom stereocenters. The second-order valence-electron chi connectivity index (χ2n) is 6.15. The van der Waals surface area contributed by atoms with Gasteiger partial charge in [-0.05, 0) is 37.3 Å². The highest BCUT2D eigenvalue weighted by Crippen LogP contribution is 2.13. The molecule has 0 amide bonds. The molecule has 2 atom stereocenters. The standard InChI is InChI=1S/C21H28O2/c1-18(23-17-20-14-8-3-9-15-20)21(22)16-10-4-7-13-19-11-5-2-6-12-19/h2-3,5-6,8-9,11-12,14-15,18,21-22H,4,7,10,13,16-17H2,1H3/t18-,21-/m0/s1. The SMILES string of the molecule is C[C@H](OCc1ccccc1)[C@@H](O)CCCCCc1ccccc1. The first-order valence-electron chi connectivity index (χ1n) is 8.63. The first-order chi connectivity index (χ1) is 11.3. The Morgan fingerprint density at radius 3 is 2.09 bits per heavy atom. The molecule has 2 aromatic carbocycles. The van der Waals surface area contributed by atoms with Crippen LogP contribution >= 0.6 is 0 Å². The quantitative estimate of drug-likeness (QED) is 0.641. The summed E-state index contributed by atoms with van der Waals surface area (Å²) in [4.78, 5) is 0. The Bertz CT molecular complexity index is 524. The van der Waals surface area contributed by atoms with Gasteiger partial charge in [-0.25, -0.2) is 0 Å². The van der Waals surface area contributed by atoms with Crippen LogP contribution in [0.3, 0.4) is 0 Å². The van der Waals surface area contributed by atoms with E-state index in [0.29, 0.717) is 6.61 Å². The summed E-state index contributed by atoms with van der Waals surface area (Å²) in [5.74, 6) is 0. The lowest BCUT2D eigenvalue weighted by molar-refractivity contribution is -0.0387. The molecule has 2 nitrogen and oxygen atoms in total. The zero-order chi connectivity index (χ0) is 16.3. The fourth-order valence-corrected chi connectivity index (χ4v) is 2.65. The number of aryl methyl sites for hydroxylation is 1. The topological polar surface area (TPSA) is 29.5 Å². The largest absolute Gasteiger partial charge is 0.390 e. The van der Waals surface area contributed by atoms with Crippen molar-refractivity contribution in [3.05, 3.63) is 71.8 Å². The number of ether oxygens (including phenoxy) is 1. The molecule has 2 aromatic rings. The van der Waals surface area contributed by atoms with Crippen molar-refractivity contribution >= 4 is 0 Å². The molecule has 23 heavy (non-hydrogen) atoms. The van der Waals surface area contributed by atoms with Crippen LogP contribution in [0.25, 0.3) is 0 Å². The molecular formula is C21H28O2. The van der Waals surface area contributed by atoms with Gasteiger partial charge in [-0.2, -0.15) is 0 Å². The molecule has 2 rings (SSSR count). The van der Waals surface area contributed by atoms with Gasteiger partial charge in [-0.15, -0.1) is 0 Å². The molecule has 0 aliphatic heterocycles. The van der Waals surface area contributed by atoms with Crippen molar-refractivity contribution in [2.45, 2.75) is 57.8 Å². The average molecular weight is 312 g/mol. The van der Waals surface area contributed by atoms with Gasteiger partial charge in [0, 0.05) is 0 Å².